The number of rotatable bonds is 7. The van der Waals surface area contributed by atoms with E-state index in [1.807, 2.05) is 35.8 Å². The number of benzene rings is 2. The van der Waals surface area contributed by atoms with E-state index in [2.05, 4.69) is 15.5 Å². The summed E-state index contributed by atoms with van der Waals surface area (Å²) in [4.78, 5) is 25.9. The summed E-state index contributed by atoms with van der Waals surface area (Å²) in [6.45, 7) is 3.37. The fourth-order valence-corrected chi connectivity index (χ4v) is 4.01. The summed E-state index contributed by atoms with van der Waals surface area (Å²) in [5.41, 5.74) is 0.620. The molecular weight excluding hydrogens is 455 g/mol. The minimum absolute atomic E-state index is 0.0210. The number of hydrogen-bond acceptors (Lipinski definition) is 5. The third-order valence-electron chi connectivity index (χ3n) is 4.69. The lowest BCUT2D eigenvalue weighted by atomic mass is 10.1. The number of hydrogen-bond donors (Lipinski definition) is 1. The van der Waals surface area contributed by atoms with Gasteiger partial charge in [0.1, 0.15) is 5.82 Å². The molecule has 0 spiro atoms. The van der Waals surface area contributed by atoms with Crippen LogP contribution in [-0.4, -0.2) is 50.8 Å². The van der Waals surface area contributed by atoms with E-state index >= 15 is 0 Å². The first-order chi connectivity index (χ1) is 15.6. The molecule has 0 bridgehead atoms. The van der Waals surface area contributed by atoms with E-state index in [9.17, 15) is 22.8 Å². The van der Waals surface area contributed by atoms with Gasteiger partial charge in [0.05, 0.1) is 23.5 Å². The summed E-state index contributed by atoms with van der Waals surface area (Å²) < 4.78 is 41.1. The fraction of sp³-hybridized carbons (Fsp3) is 0.273. The Bertz CT molecular complexity index is 1160. The van der Waals surface area contributed by atoms with Crippen LogP contribution < -0.4 is 5.32 Å². The van der Waals surface area contributed by atoms with E-state index in [4.69, 9.17) is 0 Å². The van der Waals surface area contributed by atoms with Crippen molar-refractivity contribution in [2.24, 2.45) is 0 Å². The molecule has 0 atom stereocenters. The Kier molecular flexibility index (Phi) is 7.42. The molecule has 7 nitrogen and oxygen atoms in total. The molecule has 0 aliphatic rings. The number of thioether (sulfide) groups is 1. The summed E-state index contributed by atoms with van der Waals surface area (Å²) in [5, 5.41) is 10.9. The van der Waals surface area contributed by atoms with Crippen LogP contribution in [0, 0.1) is 13.8 Å². The highest BCUT2D eigenvalue weighted by molar-refractivity contribution is 7.99. The number of aromatic nitrogens is 3. The van der Waals surface area contributed by atoms with Crippen molar-refractivity contribution in [3.05, 3.63) is 65.5 Å². The highest BCUT2D eigenvalue weighted by atomic mass is 32.2. The number of nitrogens with zero attached hydrogens (tertiary/aromatic N) is 4. The molecule has 1 heterocycles. The standard InChI is InChI=1S/C22H22F3N5O2S/c1-14-7-6-8-16(11-14)30-15(2)27-28-21(30)33-13-20(32)29(3)12-19(31)26-18-10-5-4-9-17(18)22(23,24)25/h4-11H,12-13H2,1-3H3,(H,26,31). The molecule has 0 fully saturated rings. The van der Waals surface area contributed by atoms with Gasteiger partial charge in [-0.25, -0.2) is 0 Å². The van der Waals surface area contributed by atoms with Gasteiger partial charge in [0.25, 0.3) is 0 Å². The van der Waals surface area contributed by atoms with Crippen LogP contribution >= 0.6 is 11.8 Å². The predicted molar refractivity (Wildman–Crippen MR) is 119 cm³/mol. The maximum absolute atomic E-state index is 13.1. The zero-order valence-electron chi connectivity index (χ0n) is 18.2. The second-order valence-corrected chi connectivity index (χ2v) is 8.28. The van der Waals surface area contributed by atoms with Crippen molar-refractivity contribution in [1.29, 1.82) is 0 Å². The number of nitrogens with one attached hydrogen (secondary N) is 1. The average molecular weight is 478 g/mol. The van der Waals surface area contributed by atoms with Crippen molar-refractivity contribution in [3.63, 3.8) is 0 Å². The normalized spacial score (nSPS) is 11.3. The Balaban J connectivity index is 1.61. The van der Waals surface area contributed by atoms with E-state index in [-0.39, 0.29) is 17.3 Å². The van der Waals surface area contributed by atoms with Crippen LogP contribution in [0.1, 0.15) is 17.0 Å². The van der Waals surface area contributed by atoms with Gasteiger partial charge in [0.15, 0.2) is 5.16 Å². The minimum Gasteiger partial charge on any atom is -0.336 e. The van der Waals surface area contributed by atoms with Gasteiger partial charge in [-0.3, -0.25) is 14.2 Å². The molecule has 0 unspecified atom stereocenters. The molecule has 0 aliphatic heterocycles. The number of halogens is 3. The van der Waals surface area contributed by atoms with Crippen LogP contribution in [0.4, 0.5) is 18.9 Å². The van der Waals surface area contributed by atoms with Crippen LogP contribution in [0.3, 0.4) is 0 Å². The first-order valence-corrected chi connectivity index (χ1v) is 10.9. The third-order valence-corrected chi connectivity index (χ3v) is 5.61. The first kappa shape index (κ1) is 24.3. The lowest BCUT2D eigenvalue weighted by Crippen LogP contribution is -2.36. The average Bonchev–Trinajstić information content (AvgIpc) is 3.11. The fourth-order valence-electron chi connectivity index (χ4n) is 3.07. The Morgan fingerprint density at radius 3 is 2.52 bits per heavy atom. The number of aryl methyl sites for hydroxylation is 2. The smallest absolute Gasteiger partial charge is 0.336 e. The molecule has 3 aromatic rings. The molecule has 33 heavy (non-hydrogen) atoms. The number of likely N-dealkylation sites (N-methyl/N-ethyl adjacent to an activating group) is 1. The van der Waals surface area contributed by atoms with Gasteiger partial charge in [0, 0.05) is 12.7 Å². The molecule has 11 heteroatoms. The molecule has 174 valence electrons. The number of alkyl halides is 3. The van der Waals surface area contributed by atoms with Crippen molar-refractivity contribution in [1.82, 2.24) is 19.7 Å². The van der Waals surface area contributed by atoms with Gasteiger partial charge < -0.3 is 10.2 Å². The van der Waals surface area contributed by atoms with Gasteiger partial charge in [-0.05, 0) is 43.7 Å². The van der Waals surface area contributed by atoms with Gasteiger partial charge in [0.2, 0.25) is 11.8 Å². The van der Waals surface area contributed by atoms with Crippen LogP contribution in [0.2, 0.25) is 0 Å². The zero-order valence-corrected chi connectivity index (χ0v) is 19.0. The molecule has 3 rings (SSSR count). The van der Waals surface area contributed by atoms with Gasteiger partial charge in [-0.15, -0.1) is 10.2 Å². The summed E-state index contributed by atoms with van der Waals surface area (Å²) in [5.74, 6) is -0.471. The third kappa shape index (κ3) is 6.13. The molecule has 1 aromatic heterocycles. The lowest BCUT2D eigenvalue weighted by molar-refractivity contribution is -0.137. The highest BCUT2D eigenvalue weighted by Gasteiger charge is 2.33. The molecule has 1 N–H and O–H groups in total. The maximum atomic E-state index is 13.1. The summed E-state index contributed by atoms with van der Waals surface area (Å²) in [7, 11) is 1.41. The second-order valence-electron chi connectivity index (χ2n) is 7.33. The molecule has 0 saturated carbocycles. The van der Waals surface area contributed by atoms with Crippen molar-refractivity contribution in [2.45, 2.75) is 25.2 Å². The Hall–Kier alpha value is -3.34. The molecule has 0 aliphatic carbocycles. The van der Waals surface area contributed by atoms with Gasteiger partial charge >= 0.3 is 6.18 Å². The zero-order chi connectivity index (χ0) is 24.2. The SMILES string of the molecule is Cc1cccc(-n2c(C)nnc2SCC(=O)N(C)CC(=O)Nc2ccccc2C(F)(F)F)c1. The number of carbonyl (C=O) groups is 2. The van der Waals surface area contributed by atoms with Crippen molar-refractivity contribution < 1.29 is 22.8 Å². The molecule has 0 radical (unpaired) electrons. The van der Waals surface area contributed by atoms with Gasteiger partial charge in [-0.1, -0.05) is 36.0 Å². The lowest BCUT2D eigenvalue weighted by Gasteiger charge is -2.18. The summed E-state index contributed by atoms with van der Waals surface area (Å²) in [6, 6.07) is 12.4. The number of carbonyl (C=O) groups excluding carboxylic acids is 2. The Morgan fingerprint density at radius 1 is 1.09 bits per heavy atom. The number of para-hydroxylation sites is 1. The number of anilines is 1. The summed E-state index contributed by atoms with van der Waals surface area (Å²) in [6.07, 6.45) is -4.60. The van der Waals surface area contributed by atoms with E-state index in [1.54, 1.807) is 6.92 Å². The first-order valence-electron chi connectivity index (χ1n) is 9.88. The van der Waals surface area contributed by atoms with E-state index in [0.29, 0.717) is 11.0 Å². The van der Waals surface area contributed by atoms with Crippen LogP contribution in [0.5, 0.6) is 0 Å². The van der Waals surface area contributed by atoms with Crippen molar-refractivity contribution in [3.8, 4) is 5.69 Å². The number of amides is 2. The molecule has 2 aromatic carbocycles. The second kappa shape index (κ2) is 10.1. The summed E-state index contributed by atoms with van der Waals surface area (Å²) >= 11 is 1.16. The van der Waals surface area contributed by atoms with Crippen LogP contribution in [0.25, 0.3) is 5.69 Å². The van der Waals surface area contributed by atoms with Gasteiger partial charge in [-0.2, -0.15) is 13.2 Å². The predicted octanol–water partition coefficient (Wildman–Crippen LogP) is 4.09. The van der Waals surface area contributed by atoms with Crippen molar-refractivity contribution in [2.75, 3.05) is 24.7 Å². The quantitative estimate of drug-likeness (QED) is 0.519. The maximum Gasteiger partial charge on any atom is 0.418 e. The molecule has 2 amide bonds. The monoisotopic (exact) mass is 477 g/mol. The van der Waals surface area contributed by atoms with Crippen molar-refractivity contribution >= 4 is 29.3 Å². The van der Waals surface area contributed by atoms with E-state index in [1.165, 1.54) is 25.2 Å². The highest BCUT2D eigenvalue weighted by Crippen LogP contribution is 2.34. The largest absolute Gasteiger partial charge is 0.418 e. The minimum atomic E-state index is -4.60. The Labute approximate surface area is 193 Å². The molecular formula is C22H22F3N5O2S. The van der Waals surface area contributed by atoms with E-state index < -0.39 is 24.2 Å². The molecule has 0 saturated heterocycles. The van der Waals surface area contributed by atoms with E-state index in [0.717, 1.165) is 34.0 Å². The topological polar surface area (TPSA) is 80.1 Å². The van der Waals surface area contributed by atoms with Crippen LogP contribution in [0.15, 0.2) is 53.7 Å². The van der Waals surface area contributed by atoms with Crippen LogP contribution in [-0.2, 0) is 15.8 Å². The Morgan fingerprint density at radius 2 is 1.82 bits per heavy atom.